The summed E-state index contributed by atoms with van der Waals surface area (Å²) < 4.78 is 0. The van der Waals surface area contributed by atoms with Gasteiger partial charge in [0.15, 0.2) is 5.78 Å². The maximum absolute atomic E-state index is 11.8. The van der Waals surface area contributed by atoms with Gasteiger partial charge in [0.25, 0.3) is 0 Å². The summed E-state index contributed by atoms with van der Waals surface area (Å²) >= 11 is 0. The van der Waals surface area contributed by atoms with Crippen molar-refractivity contribution in [1.82, 2.24) is 0 Å². The first-order chi connectivity index (χ1) is 9.18. The Morgan fingerprint density at radius 3 is 2.15 bits per heavy atom. The minimum absolute atomic E-state index is 0. The third-order valence-corrected chi connectivity index (χ3v) is 2.65. The van der Waals surface area contributed by atoms with E-state index < -0.39 is 5.97 Å². The van der Waals surface area contributed by atoms with Gasteiger partial charge in [0.05, 0.1) is 5.97 Å². The van der Waals surface area contributed by atoms with E-state index >= 15 is 0 Å². The van der Waals surface area contributed by atoms with Crippen molar-refractivity contribution in [2.24, 2.45) is 0 Å². The molecule has 0 bridgehead atoms. The number of hydrogen-bond acceptors (Lipinski definition) is 3. The maximum atomic E-state index is 11.8. The number of carbonyl (C=O) groups is 2. The van der Waals surface area contributed by atoms with Gasteiger partial charge in [0, 0.05) is 11.1 Å². The second-order valence-corrected chi connectivity index (χ2v) is 3.94. The molecular formula is C16H11NaO3. The molecule has 0 aromatic heterocycles. The molecule has 0 N–H and O–H groups in total. The summed E-state index contributed by atoms with van der Waals surface area (Å²) in [5.41, 5.74) is 1.08. The van der Waals surface area contributed by atoms with E-state index in [4.69, 9.17) is 0 Å². The van der Waals surface area contributed by atoms with Gasteiger partial charge in [0.2, 0.25) is 0 Å². The minimum atomic E-state index is -1.26. The van der Waals surface area contributed by atoms with E-state index in [0.717, 1.165) is 0 Å². The van der Waals surface area contributed by atoms with Gasteiger partial charge in [-0.15, -0.1) is 0 Å². The molecule has 0 unspecified atom stereocenters. The van der Waals surface area contributed by atoms with Crippen LogP contribution in [0.3, 0.4) is 0 Å². The number of benzene rings is 2. The SMILES string of the molecule is O=C(C=Cc1ccccc1C(=O)[O-])c1ccccc1.[Na+]. The first kappa shape index (κ1) is 16.4. The van der Waals surface area contributed by atoms with Crippen molar-refractivity contribution in [2.75, 3.05) is 0 Å². The van der Waals surface area contributed by atoms with Crippen molar-refractivity contribution in [2.45, 2.75) is 0 Å². The third kappa shape index (κ3) is 4.17. The summed E-state index contributed by atoms with van der Waals surface area (Å²) in [4.78, 5) is 22.8. The summed E-state index contributed by atoms with van der Waals surface area (Å²) in [5.74, 6) is -1.43. The summed E-state index contributed by atoms with van der Waals surface area (Å²) in [6.45, 7) is 0. The molecule has 4 heteroatoms. The first-order valence-electron chi connectivity index (χ1n) is 5.76. The fourth-order valence-electron chi connectivity index (χ4n) is 1.69. The fraction of sp³-hybridized carbons (Fsp3) is 0. The molecule has 20 heavy (non-hydrogen) atoms. The second kappa shape index (κ2) is 7.80. The number of hydrogen-bond donors (Lipinski definition) is 0. The molecule has 0 atom stereocenters. The van der Waals surface area contributed by atoms with E-state index in [9.17, 15) is 14.7 Å². The molecule has 2 aromatic carbocycles. The van der Waals surface area contributed by atoms with Crippen molar-refractivity contribution >= 4 is 17.8 Å². The van der Waals surface area contributed by atoms with Crippen molar-refractivity contribution in [1.29, 1.82) is 0 Å². The quantitative estimate of drug-likeness (QED) is 0.406. The molecule has 0 radical (unpaired) electrons. The largest absolute Gasteiger partial charge is 1.00 e. The molecule has 0 aliphatic heterocycles. The van der Waals surface area contributed by atoms with Crippen LogP contribution in [-0.2, 0) is 0 Å². The summed E-state index contributed by atoms with van der Waals surface area (Å²) in [6.07, 6.45) is 2.84. The minimum Gasteiger partial charge on any atom is -0.545 e. The molecule has 2 aromatic rings. The van der Waals surface area contributed by atoms with Gasteiger partial charge in [-0.25, -0.2) is 0 Å². The normalized spacial score (nSPS) is 10.0. The molecule has 2 rings (SSSR count). The molecule has 0 heterocycles. The fourth-order valence-corrected chi connectivity index (χ4v) is 1.69. The molecule has 0 saturated carbocycles. The predicted molar refractivity (Wildman–Crippen MR) is 70.6 cm³/mol. The average Bonchev–Trinajstić information content (AvgIpc) is 2.46. The zero-order valence-corrected chi connectivity index (χ0v) is 13.1. The molecule has 0 aliphatic carbocycles. The van der Waals surface area contributed by atoms with E-state index in [1.54, 1.807) is 42.5 Å². The smallest absolute Gasteiger partial charge is 0.545 e. The Kier molecular flexibility index (Phi) is 6.39. The van der Waals surface area contributed by atoms with E-state index in [1.165, 1.54) is 18.2 Å². The monoisotopic (exact) mass is 274 g/mol. The van der Waals surface area contributed by atoms with E-state index in [1.807, 2.05) is 6.07 Å². The van der Waals surface area contributed by atoms with Crippen molar-refractivity contribution in [3.63, 3.8) is 0 Å². The Balaban J connectivity index is 0.00000200. The Morgan fingerprint density at radius 2 is 1.50 bits per heavy atom. The number of rotatable bonds is 4. The van der Waals surface area contributed by atoms with Gasteiger partial charge < -0.3 is 9.90 Å². The van der Waals surface area contributed by atoms with Crippen LogP contribution in [0.1, 0.15) is 26.3 Å². The van der Waals surface area contributed by atoms with Crippen LogP contribution >= 0.6 is 0 Å². The summed E-state index contributed by atoms with van der Waals surface area (Å²) in [7, 11) is 0. The van der Waals surface area contributed by atoms with Crippen LogP contribution in [0, 0.1) is 0 Å². The van der Waals surface area contributed by atoms with Crippen LogP contribution in [0.2, 0.25) is 0 Å². The van der Waals surface area contributed by atoms with Crippen molar-refractivity contribution < 1.29 is 44.3 Å². The van der Waals surface area contributed by atoms with Gasteiger partial charge in [-0.3, -0.25) is 4.79 Å². The third-order valence-electron chi connectivity index (χ3n) is 2.65. The van der Waals surface area contributed by atoms with Crippen LogP contribution in [0.25, 0.3) is 6.08 Å². The van der Waals surface area contributed by atoms with Crippen LogP contribution in [0.15, 0.2) is 60.7 Å². The standard InChI is InChI=1S/C16H12O3.Na/c17-15(13-7-2-1-3-8-13)11-10-12-6-4-5-9-14(12)16(18)19;/h1-11H,(H,18,19);/q;+1/p-1. The summed E-state index contributed by atoms with van der Waals surface area (Å²) in [5, 5.41) is 10.9. The topological polar surface area (TPSA) is 57.2 Å². The second-order valence-electron chi connectivity index (χ2n) is 3.94. The summed E-state index contributed by atoms with van der Waals surface area (Å²) in [6, 6.07) is 15.2. The molecule has 0 aliphatic rings. The van der Waals surface area contributed by atoms with Crippen LogP contribution < -0.4 is 34.7 Å². The van der Waals surface area contributed by atoms with Crippen molar-refractivity contribution in [3.8, 4) is 0 Å². The predicted octanol–water partition coefficient (Wildman–Crippen LogP) is -1.05. The maximum Gasteiger partial charge on any atom is 1.00 e. The van der Waals surface area contributed by atoms with Crippen molar-refractivity contribution in [3.05, 3.63) is 77.4 Å². The molecule has 0 spiro atoms. The number of carboxylic acid groups (broad SMARTS) is 1. The molecule has 0 amide bonds. The van der Waals surface area contributed by atoms with E-state index in [2.05, 4.69) is 0 Å². The number of carbonyl (C=O) groups excluding carboxylic acids is 2. The average molecular weight is 274 g/mol. The van der Waals surface area contributed by atoms with Crippen LogP contribution in [0.5, 0.6) is 0 Å². The molecule has 3 nitrogen and oxygen atoms in total. The van der Waals surface area contributed by atoms with Crippen LogP contribution in [0.4, 0.5) is 0 Å². The zero-order chi connectivity index (χ0) is 13.7. The molecule has 0 fully saturated rings. The van der Waals surface area contributed by atoms with Gasteiger partial charge in [0.1, 0.15) is 0 Å². The number of carboxylic acids is 1. The Hall–Kier alpha value is -1.68. The molecular weight excluding hydrogens is 263 g/mol. The van der Waals surface area contributed by atoms with Gasteiger partial charge in [-0.05, 0) is 11.6 Å². The number of aromatic carboxylic acids is 1. The molecule has 0 saturated heterocycles. The Bertz CT molecular complexity index is 633. The Morgan fingerprint density at radius 1 is 0.900 bits per heavy atom. The molecule has 94 valence electrons. The number of ketones is 1. The Labute approximate surface area is 139 Å². The van der Waals surface area contributed by atoms with Gasteiger partial charge >= 0.3 is 29.6 Å². The number of allylic oxidation sites excluding steroid dienone is 1. The first-order valence-corrected chi connectivity index (χ1v) is 5.76. The van der Waals surface area contributed by atoms with Gasteiger partial charge in [-0.2, -0.15) is 0 Å². The van der Waals surface area contributed by atoms with Crippen LogP contribution in [-0.4, -0.2) is 11.8 Å². The zero-order valence-electron chi connectivity index (χ0n) is 11.1. The van der Waals surface area contributed by atoms with E-state index in [0.29, 0.717) is 11.1 Å². The van der Waals surface area contributed by atoms with E-state index in [-0.39, 0.29) is 40.9 Å². The van der Waals surface area contributed by atoms with Gasteiger partial charge in [-0.1, -0.05) is 60.7 Å².